The van der Waals surface area contributed by atoms with Gasteiger partial charge in [0.25, 0.3) is 0 Å². The van der Waals surface area contributed by atoms with Gasteiger partial charge in [-0.3, -0.25) is 0 Å². The van der Waals surface area contributed by atoms with Crippen LogP contribution in [0.4, 0.5) is 11.9 Å². The van der Waals surface area contributed by atoms with Gasteiger partial charge in [-0.2, -0.15) is 15.0 Å². The number of anilines is 2. The summed E-state index contributed by atoms with van der Waals surface area (Å²) < 4.78 is 5.41. The van der Waals surface area contributed by atoms with Gasteiger partial charge in [0.1, 0.15) is 0 Å². The normalized spacial score (nSPS) is 17.9. The van der Waals surface area contributed by atoms with E-state index in [1.807, 2.05) is 6.92 Å². The molecule has 0 radical (unpaired) electrons. The summed E-state index contributed by atoms with van der Waals surface area (Å²) >= 11 is 0. The maximum absolute atomic E-state index is 5.41. The van der Waals surface area contributed by atoms with Crippen molar-refractivity contribution in [2.75, 3.05) is 37.0 Å². The van der Waals surface area contributed by atoms with Gasteiger partial charge in [-0.1, -0.05) is 20.3 Å². The molecule has 112 valence electrons. The van der Waals surface area contributed by atoms with Crippen LogP contribution in [0.3, 0.4) is 0 Å². The fraction of sp³-hybridized carbons (Fsp3) is 0.786. The van der Waals surface area contributed by atoms with Crippen molar-refractivity contribution in [3.05, 3.63) is 0 Å². The molecule has 6 heteroatoms. The van der Waals surface area contributed by atoms with Gasteiger partial charge in [0.2, 0.25) is 11.9 Å². The van der Waals surface area contributed by atoms with E-state index in [-0.39, 0.29) is 0 Å². The Balaban J connectivity index is 2.14. The molecule has 1 aromatic rings. The van der Waals surface area contributed by atoms with E-state index in [9.17, 15) is 0 Å². The third kappa shape index (κ3) is 3.29. The molecule has 2 rings (SSSR count). The standard InChI is InChI=1S/C14H25N5O/c1-5-14(3)7-9-19(10-8-14)12-16-11(15-4)17-13(18-12)20-6-2/h5-10H2,1-4H3,(H,15,16,17,18). The summed E-state index contributed by atoms with van der Waals surface area (Å²) in [5.74, 6) is 1.27. The third-order valence-electron chi connectivity index (χ3n) is 4.21. The van der Waals surface area contributed by atoms with Crippen LogP contribution >= 0.6 is 0 Å². The smallest absolute Gasteiger partial charge is 0.323 e. The lowest BCUT2D eigenvalue weighted by Crippen LogP contribution is -2.39. The van der Waals surface area contributed by atoms with Crippen LogP contribution in [0.15, 0.2) is 0 Å². The largest absolute Gasteiger partial charge is 0.464 e. The van der Waals surface area contributed by atoms with E-state index in [2.05, 4.69) is 39.0 Å². The highest BCUT2D eigenvalue weighted by Crippen LogP contribution is 2.35. The highest BCUT2D eigenvalue weighted by Gasteiger charge is 2.29. The maximum Gasteiger partial charge on any atom is 0.323 e. The molecule has 1 fully saturated rings. The van der Waals surface area contributed by atoms with Crippen molar-refractivity contribution >= 4 is 11.9 Å². The predicted octanol–water partition coefficient (Wildman–Crippen LogP) is 2.33. The van der Waals surface area contributed by atoms with Crippen LogP contribution in [0.5, 0.6) is 6.01 Å². The van der Waals surface area contributed by atoms with Crippen LogP contribution in [-0.4, -0.2) is 41.7 Å². The fourth-order valence-corrected chi connectivity index (χ4v) is 2.39. The second-order valence-electron chi connectivity index (χ2n) is 5.58. The van der Waals surface area contributed by atoms with Gasteiger partial charge in [-0.15, -0.1) is 0 Å². The third-order valence-corrected chi connectivity index (χ3v) is 4.21. The molecule has 0 amide bonds. The van der Waals surface area contributed by atoms with Gasteiger partial charge >= 0.3 is 6.01 Å². The molecule has 0 aromatic carbocycles. The monoisotopic (exact) mass is 279 g/mol. The topological polar surface area (TPSA) is 63.2 Å². The molecule has 0 unspecified atom stereocenters. The molecule has 6 nitrogen and oxygen atoms in total. The minimum atomic E-state index is 0.394. The van der Waals surface area contributed by atoms with Gasteiger partial charge in [0.15, 0.2) is 0 Å². The molecule has 2 heterocycles. The van der Waals surface area contributed by atoms with Crippen LogP contribution in [0, 0.1) is 5.41 Å². The van der Waals surface area contributed by atoms with Crippen molar-refractivity contribution in [3.8, 4) is 6.01 Å². The Kier molecular flexibility index (Phi) is 4.62. The van der Waals surface area contributed by atoms with E-state index in [0.29, 0.717) is 29.9 Å². The molecule has 1 aliphatic heterocycles. The minimum Gasteiger partial charge on any atom is -0.464 e. The first-order valence-corrected chi connectivity index (χ1v) is 7.42. The van der Waals surface area contributed by atoms with Gasteiger partial charge in [0.05, 0.1) is 6.61 Å². The molecule has 0 bridgehead atoms. The summed E-state index contributed by atoms with van der Waals surface area (Å²) in [5, 5.41) is 2.96. The van der Waals surface area contributed by atoms with E-state index < -0.39 is 0 Å². The molecule has 1 aliphatic rings. The van der Waals surface area contributed by atoms with Crippen molar-refractivity contribution in [3.63, 3.8) is 0 Å². The van der Waals surface area contributed by atoms with Crippen molar-refractivity contribution in [2.24, 2.45) is 5.41 Å². The van der Waals surface area contributed by atoms with Crippen LogP contribution in [0.2, 0.25) is 0 Å². The first kappa shape index (κ1) is 14.8. The first-order chi connectivity index (χ1) is 9.60. The zero-order valence-corrected chi connectivity index (χ0v) is 12.9. The molecular formula is C14H25N5O. The number of rotatable bonds is 5. The molecule has 1 saturated heterocycles. The second kappa shape index (κ2) is 6.24. The average molecular weight is 279 g/mol. The van der Waals surface area contributed by atoms with Crippen molar-refractivity contribution in [1.82, 2.24) is 15.0 Å². The predicted molar refractivity (Wildman–Crippen MR) is 80.4 cm³/mol. The Labute approximate surface area is 121 Å². The van der Waals surface area contributed by atoms with E-state index >= 15 is 0 Å². The highest BCUT2D eigenvalue weighted by atomic mass is 16.5. The highest BCUT2D eigenvalue weighted by molar-refractivity contribution is 5.38. The number of aromatic nitrogens is 3. The molecule has 0 aliphatic carbocycles. The van der Waals surface area contributed by atoms with Gasteiger partial charge in [-0.25, -0.2) is 0 Å². The fourth-order valence-electron chi connectivity index (χ4n) is 2.39. The SMILES string of the molecule is CCOc1nc(NC)nc(N2CCC(C)(CC)CC2)n1. The summed E-state index contributed by atoms with van der Waals surface area (Å²) in [6.07, 6.45) is 3.58. The van der Waals surface area contributed by atoms with Gasteiger partial charge in [0, 0.05) is 20.1 Å². The number of hydrogen-bond acceptors (Lipinski definition) is 6. The summed E-state index contributed by atoms with van der Waals surface area (Å²) in [6.45, 7) is 9.09. The maximum atomic E-state index is 5.41. The number of piperidine rings is 1. The Morgan fingerprint density at radius 1 is 1.20 bits per heavy atom. The lowest BCUT2D eigenvalue weighted by Gasteiger charge is -2.38. The summed E-state index contributed by atoms with van der Waals surface area (Å²) in [5.41, 5.74) is 0.456. The average Bonchev–Trinajstić information content (AvgIpc) is 2.48. The Morgan fingerprint density at radius 3 is 2.45 bits per heavy atom. The Bertz CT molecular complexity index is 443. The molecule has 1 aromatic heterocycles. The van der Waals surface area contributed by atoms with Crippen molar-refractivity contribution in [2.45, 2.75) is 40.0 Å². The summed E-state index contributed by atoms with van der Waals surface area (Å²) in [4.78, 5) is 15.3. The number of ether oxygens (including phenoxy) is 1. The van der Waals surface area contributed by atoms with E-state index in [1.165, 1.54) is 19.3 Å². The molecule has 0 saturated carbocycles. The number of nitrogens with zero attached hydrogens (tertiary/aromatic N) is 4. The van der Waals surface area contributed by atoms with E-state index in [0.717, 1.165) is 13.1 Å². The lowest BCUT2D eigenvalue weighted by atomic mass is 9.78. The zero-order chi connectivity index (χ0) is 14.6. The Morgan fingerprint density at radius 2 is 1.90 bits per heavy atom. The van der Waals surface area contributed by atoms with Gasteiger partial charge in [-0.05, 0) is 25.2 Å². The van der Waals surface area contributed by atoms with E-state index in [1.54, 1.807) is 7.05 Å². The molecular weight excluding hydrogens is 254 g/mol. The number of nitrogens with one attached hydrogen (secondary N) is 1. The first-order valence-electron chi connectivity index (χ1n) is 7.42. The van der Waals surface area contributed by atoms with E-state index in [4.69, 9.17) is 4.74 Å². The van der Waals surface area contributed by atoms with Crippen molar-refractivity contribution < 1.29 is 4.74 Å². The van der Waals surface area contributed by atoms with Crippen LogP contribution in [0.1, 0.15) is 40.0 Å². The lowest BCUT2D eigenvalue weighted by molar-refractivity contribution is 0.236. The molecule has 20 heavy (non-hydrogen) atoms. The second-order valence-corrected chi connectivity index (χ2v) is 5.58. The molecule has 0 atom stereocenters. The Hall–Kier alpha value is -1.59. The molecule has 0 spiro atoms. The summed E-state index contributed by atoms with van der Waals surface area (Å²) in [6, 6.07) is 0.394. The summed E-state index contributed by atoms with van der Waals surface area (Å²) in [7, 11) is 1.80. The van der Waals surface area contributed by atoms with Gasteiger partial charge < -0.3 is 15.0 Å². The zero-order valence-electron chi connectivity index (χ0n) is 12.9. The van der Waals surface area contributed by atoms with Crippen LogP contribution in [-0.2, 0) is 0 Å². The number of hydrogen-bond donors (Lipinski definition) is 1. The minimum absolute atomic E-state index is 0.394. The molecule has 1 N–H and O–H groups in total. The van der Waals surface area contributed by atoms with Crippen molar-refractivity contribution in [1.29, 1.82) is 0 Å². The quantitative estimate of drug-likeness (QED) is 0.892. The van der Waals surface area contributed by atoms with Crippen LogP contribution in [0.25, 0.3) is 0 Å². The van der Waals surface area contributed by atoms with Crippen LogP contribution < -0.4 is 15.0 Å².